The van der Waals surface area contributed by atoms with Crippen molar-refractivity contribution in [2.24, 2.45) is 5.92 Å². The number of nitrogens with zero attached hydrogens (tertiary/aromatic N) is 2. The maximum atomic E-state index is 13.2. The molecule has 0 aliphatic carbocycles. The smallest absolute Gasteiger partial charge is 0.255 e. The van der Waals surface area contributed by atoms with E-state index in [1.165, 1.54) is 18.4 Å². The molecule has 0 unspecified atom stereocenters. The summed E-state index contributed by atoms with van der Waals surface area (Å²) < 4.78 is 0. The lowest BCUT2D eigenvalue weighted by Gasteiger charge is -2.24. The summed E-state index contributed by atoms with van der Waals surface area (Å²) in [7, 11) is 0. The Bertz CT molecular complexity index is 781. The summed E-state index contributed by atoms with van der Waals surface area (Å²) in [6.45, 7) is 3.86. The third-order valence-corrected chi connectivity index (χ3v) is 5.88. The van der Waals surface area contributed by atoms with Gasteiger partial charge in [0.1, 0.15) is 0 Å². The molecule has 0 saturated carbocycles. The van der Waals surface area contributed by atoms with E-state index in [0.717, 1.165) is 55.8 Å². The van der Waals surface area contributed by atoms with Crippen molar-refractivity contribution in [3.8, 4) is 0 Å². The first-order valence-electron chi connectivity index (χ1n) is 10.1. The highest BCUT2D eigenvalue weighted by molar-refractivity contribution is 6.00. The fraction of sp³-hybridized carbons (Fsp3) is 0.435. The molecule has 2 aromatic rings. The molecule has 1 atom stereocenters. The zero-order valence-corrected chi connectivity index (χ0v) is 15.8. The Kier molecular flexibility index (Phi) is 5.44. The minimum absolute atomic E-state index is 0.0857. The molecule has 4 nitrogen and oxygen atoms in total. The van der Waals surface area contributed by atoms with Crippen LogP contribution in [-0.4, -0.2) is 42.1 Å². The molecule has 1 amide bonds. The lowest BCUT2D eigenvalue weighted by Crippen LogP contribution is -2.31. The van der Waals surface area contributed by atoms with Crippen molar-refractivity contribution in [2.75, 3.05) is 31.1 Å². The first-order valence-corrected chi connectivity index (χ1v) is 10.1. The van der Waals surface area contributed by atoms with E-state index >= 15 is 0 Å². The second kappa shape index (κ2) is 8.13. The van der Waals surface area contributed by atoms with Gasteiger partial charge in [0.15, 0.2) is 0 Å². The summed E-state index contributed by atoms with van der Waals surface area (Å²) in [5.41, 5.74) is 4.18. The Hall–Kier alpha value is -2.33. The van der Waals surface area contributed by atoms with Gasteiger partial charge in [-0.05, 0) is 54.9 Å². The Balaban J connectivity index is 1.42. The summed E-state index contributed by atoms with van der Waals surface area (Å²) in [6.07, 6.45) is 4.47. The number of carbonyl (C=O) groups excluding carboxylic acids is 1. The Morgan fingerprint density at radius 1 is 0.963 bits per heavy atom. The van der Waals surface area contributed by atoms with Crippen LogP contribution in [0.15, 0.2) is 48.5 Å². The van der Waals surface area contributed by atoms with Crippen LogP contribution in [0, 0.1) is 5.92 Å². The van der Waals surface area contributed by atoms with Crippen molar-refractivity contribution in [3.63, 3.8) is 0 Å². The summed E-state index contributed by atoms with van der Waals surface area (Å²) in [6, 6.07) is 16.2. The summed E-state index contributed by atoms with van der Waals surface area (Å²) in [5, 5.41) is 9.17. The molecule has 2 fully saturated rings. The minimum atomic E-state index is 0.0857. The van der Waals surface area contributed by atoms with Gasteiger partial charge in [-0.1, -0.05) is 36.4 Å². The molecule has 2 aliphatic heterocycles. The van der Waals surface area contributed by atoms with Crippen LogP contribution in [0.4, 0.5) is 5.69 Å². The molecule has 0 spiro atoms. The van der Waals surface area contributed by atoms with Crippen molar-refractivity contribution >= 4 is 11.6 Å². The maximum Gasteiger partial charge on any atom is 0.255 e. The van der Waals surface area contributed by atoms with Gasteiger partial charge >= 0.3 is 0 Å². The molecular weight excluding hydrogens is 336 g/mol. The Morgan fingerprint density at radius 3 is 2.41 bits per heavy atom. The number of hydrogen-bond acceptors (Lipinski definition) is 3. The van der Waals surface area contributed by atoms with Gasteiger partial charge in [0.05, 0.1) is 12.2 Å². The number of anilines is 1. The monoisotopic (exact) mass is 364 g/mol. The normalized spacial score (nSPS) is 19.7. The van der Waals surface area contributed by atoms with Crippen LogP contribution in [0.3, 0.4) is 0 Å². The van der Waals surface area contributed by atoms with Crippen LogP contribution in [0.2, 0.25) is 0 Å². The van der Waals surface area contributed by atoms with Crippen LogP contribution in [0.1, 0.15) is 40.7 Å². The molecule has 0 radical (unpaired) electrons. The van der Waals surface area contributed by atoms with E-state index in [9.17, 15) is 9.90 Å². The third kappa shape index (κ3) is 4.01. The van der Waals surface area contributed by atoms with Gasteiger partial charge in [0.2, 0.25) is 0 Å². The second-order valence-electron chi connectivity index (χ2n) is 7.80. The van der Waals surface area contributed by atoms with Gasteiger partial charge in [-0.3, -0.25) is 4.79 Å². The van der Waals surface area contributed by atoms with Gasteiger partial charge in [-0.15, -0.1) is 0 Å². The molecule has 1 N–H and O–H groups in total. The number of carbonyl (C=O) groups is 1. The molecule has 2 saturated heterocycles. The number of amides is 1. The van der Waals surface area contributed by atoms with Gasteiger partial charge in [0.25, 0.3) is 5.91 Å². The van der Waals surface area contributed by atoms with E-state index in [2.05, 4.69) is 23.1 Å². The highest BCUT2D eigenvalue weighted by Gasteiger charge is 2.29. The zero-order chi connectivity index (χ0) is 18.6. The van der Waals surface area contributed by atoms with Crippen molar-refractivity contribution in [1.82, 2.24) is 4.90 Å². The van der Waals surface area contributed by atoms with Crippen LogP contribution >= 0.6 is 0 Å². The highest BCUT2D eigenvalue weighted by Crippen LogP contribution is 2.28. The number of aliphatic hydroxyl groups is 1. The van der Waals surface area contributed by atoms with E-state index in [1.54, 1.807) is 0 Å². The van der Waals surface area contributed by atoms with E-state index < -0.39 is 0 Å². The largest absolute Gasteiger partial charge is 0.392 e. The van der Waals surface area contributed by atoms with E-state index in [4.69, 9.17) is 0 Å². The predicted molar refractivity (Wildman–Crippen MR) is 108 cm³/mol. The summed E-state index contributed by atoms with van der Waals surface area (Å²) in [5.74, 6) is 0.684. The van der Waals surface area contributed by atoms with Crippen LogP contribution < -0.4 is 4.90 Å². The highest BCUT2D eigenvalue weighted by atomic mass is 16.3. The number of rotatable bonds is 5. The van der Waals surface area contributed by atoms with Crippen LogP contribution in [0.5, 0.6) is 0 Å². The maximum absolute atomic E-state index is 13.2. The molecule has 2 aromatic carbocycles. The standard InChI is InChI=1S/C23H28N2O2/c26-17-19-9-7-18(8-10-19)15-20-11-14-25(16-20)23(27)21-5-1-2-6-22(21)24-12-3-4-13-24/h1-2,5-10,20,26H,3-4,11-17H2/t20-/m0/s1. The SMILES string of the molecule is O=C(c1ccccc1N1CCCC1)N1CC[C@@H](Cc2ccc(CO)cc2)C1. The lowest BCUT2D eigenvalue weighted by atomic mass is 9.98. The molecule has 27 heavy (non-hydrogen) atoms. The van der Waals surface area contributed by atoms with Crippen molar-refractivity contribution < 1.29 is 9.90 Å². The van der Waals surface area contributed by atoms with E-state index in [1.807, 2.05) is 35.2 Å². The first-order chi connectivity index (χ1) is 13.2. The molecule has 2 aliphatic rings. The van der Waals surface area contributed by atoms with Crippen molar-refractivity contribution in [1.29, 1.82) is 0 Å². The number of hydrogen-bond donors (Lipinski definition) is 1. The average Bonchev–Trinajstić information content (AvgIpc) is 3.40. The second-order valence-corrected chi connectivity index (χ2v) is 7.80. The van der Waals surface area contributed by atoms with Gasteiger partial charge < -0.3 is 14.9 Å². The van der Waals surface area contributed by atoms with E-state index in [0.29, 0.717) is 5.92 Å². The van der Waals surface area contributed by atoms with Crippen molar-refractivity contribution in [3.05, 3.63) is 65.2 Å². The molecule has 142 valence electrons. The molecule has 0 bridgehead atoms. The quantitative estimate of drug-likeness (QED) is 0.883. The van der Waals surface area contributed by atoms with Gasteiger partial charge in [-0.2, -0.15) is 0 Å². The number of aliphatic hydroxyl groups excluding tert-OH is 1. The first kappa shape index (κ1) is 18.1. The number of benzene rings is 2. The van der Waals surface area contributed by atoms with Gasteiger partial charge in [0, 0.05) is 31.9 Å². The minimum Gasteiger partial charge on any atom is -0.392 e. The predicted octanol–water partition coefficient (Wildman–Crippen LogP) is 3.48. The Labute approximate surface area is 161 Å². The van der Waals surface area contributed by atoms with E-state index in [-0.39, 0.29) is 12.5 Å². The zero-order valence-electron chi connectivity index (χ0n) is 15.8. The van der Waals surface area contributed by atoms with Gasteiger partial charge in [-0.25, -0.2) is 0 Å². The topological polar surface area (TPSA) is 43.8 Å². The van der Waals surface area contributed by atoms with Crippen LogP contribution in [0.25, 0.3) is 0 Å². The Morgan fingerprint density at radius 2 is 1.67 bits per heavy atom. The average molecular weight is 364 g/mol. The number of para-hydroxylation sites is 1. The lowest BCUT2D eigenvalue weighted by molar-refractivity contribution is 0.0787. The van der Waals surface area contributed by atoms with Crippen LogP contribution in [-0.2, 0) is 13.0 Å². The fourth-order valence-corrected chi connectivity index (χ4v) is 4.36. The fourth-order valence-electron chi connectivity index (χ4n) is 4.36. The third-order valence-electron chi connectivity index (χ3n) is 5.88. The summed E-state index contributed by atoms with van der Waals surface area (Å²) in [4.78, 5) is 17.6. The number of likely N-dealkylation sites (tertiary alicyclic amines) is 1. The molecule has 0 aromatic heterocycles. The van der Waals surface area contributed by atoms with Crippen molar-refractivity contribution in [2.45, 2.75) is 32.3 Å². The molecular formula is C23H28N2O2. The molecule has 2 heterocycles. The molecule has 4 heteroatoms. The summed E-state index contributed by atoms with van der Waals surface area (Å²) >= 11 is 0. The molecule has 4 rings (SSSR count).